The summed E-state index contributed by atoms with van der Waals surface area (Å²) >= 11 is 0. The van der Waals surface area contributed by atoms with E-state index in [1.165, 1.54) is 6.33 Å². The summed E-state index contributed by atoms with van der Waals surface area (Å²) in [4.78, 5) is 32.3. The van der Waals surface area contributed by atoms with E-state index in [2.05, 4.69) is 20.1 Å². The quantitative estimate of drug-likeness (QED) is 0.690. The minimum absolute atomic E-state index is 0.0886. The summed E-state index contributed by atoms with van der Waals surface area (Å²) in [6.07, 6.45) is 7.32. The summed E-state index contributed by atoms with van der Waals surface area (Å²) in [6, 6.07) is 1.75. The minimum atomic E-state index is -0.180. The van der Waals surface area contributed by atoms with Crippen molar-refractivity contribution in [3.8, 4) is 11.3 Å². The third kappa shape index (κ3) is 3.37. The third-order valence-corrected chi connectivity index (χ3v) is 5.03. The first-order valence-corrected chi connectivity index (χ1v) is 9.39. The molecule has 0 unspecified atom stereocenters. The Morgan fingerprint density at radius 2 is 1.93 bits per heavy atom. The summed E-state index contributed by atoms with van der Waals surface area (Å²) in [7, 11) is 0. The molecule has 0 aliphatic carbocycles. The number of hydrogen-bond acceptors (Lipinski definition) is 7. The number of piperidine rings is 1. The molecular formula is C20H22N6O2. The van der Waals surface area contributed by atoms with Gasteiger partial charge >= 0.3 is 0 Å². The lowest BCUT2D eigenvalue weighted by atomic mass is 9.99. The van der Waals surface area contributed by atoms with Crippen LogP contribution in [0, 0.1) is 20.8 Å². The lowest BCUT2D eigenvalue weighted by Crippen LogP contribution is -2.39. The van der Waals surface area contributed by atoms with Crippen molar-refractivity contribution in [2.24, 2.45) is 0 Å². The summed E-state index contributed by atoms with van der Waals surface area (Å²) in [5, 5.41) is 4.03. The van der Waals surface area contributed by atoms with Crippen molar-refractivity contribution in [2.45, 2.75) is 46.1 Å². The number of amides is 1. The van der Waals surface area contributed by atoms with Gasteiger partial charge in [-0.15, -0.1) is 0 Å². The van der Waals surface area contributed by atoms with Gasteiger partial charge in [0.15, 0.2) is 5.82 Å². The highest BCUT2D eigenvalue weighted by Gasteiger charge is 2.31. The van der Waals surface area contributed by atoms with Crippen molar-refractivity contribution in [1.82, 2.24) is 30.0 Å². The number of aromatic nitrogens is 5. The van der Waals surface area contributed by atoms with Crippen LogP contribution in [-0.2, 0) is 0 Å². The lowest BCUT2D eigenvalue weighted by Gasteiger charge is -2.35. The summed E-state index contributed by atoms with van der Waals surface area (Å²) in [5.41, 5.74) is 3.78. The first kappa shape index (κ1) is 18.2. The smallest absolute Gasteiger partial charge is 0.257 e. The van der Waals surface area contributed by atoms with Crippen molar-refractivity contribution >= 4 is 5.91 Å². The zero-order chi connectivity index (χ0) is 19.7. The largest absolute Gasteiger partial charge is 0.361 e. The number of carbonyl (C=O) groups excluding carboxylic acids is 1. The van der Waals surface area contributed by atoms with Crippen molar-refractivity contribution in [3.63, 3.8) is 0 Å². The molecule has 1 amide bonds. The standard InChI is InChI=1S/C20H22N6O2/c1-12-8-16(18-13(2)25-28-14(18)3)24-19(23-12)17-6-4-5-7-26(17)20(27)15-9-21-11-22-10-15/h8-11,17H,4-7H2,1-3H3/t17-/m1/s1. The van der Waals surface area contributed by atoms with Gasteiger partial charge in [-0.1, -0.05) is 5.16 Å². The second kappa shape index (κ2) is 7.46. The molecule has 0 N–H and O–H groups in total. The Morgan fingerprint density at radius 3 is 2.64 bits per heavy atom. The van der Waals surface area contributed by atoms with Crippen molar-refractivity contribution < 1.29 is 9.32 Å². The molecule has 1 fully saturated rings. The molecule has 28 heavy (non-hydrogen) atoms. The van der Waals surface area contributed by atoms with Crippen LogP contribution in [0.1, 0.15) is 58.6 Å². The molecule has 0 radical (unpaired) electrons. The zero-order valence-corrected chi connectivity index (χ0v) is 16.2. The molecule has 0 spiro atoms. The number of nitrogens with zero attached hydrogens (tertiary/aromatic N) is 6. The molecule has 1 aliphatic heterocycles. The van der Waals surface area contributed by atoms with E-state index < -0.39 is 0 Å². The first-order chi connectivity index (χ1) is 13.5. The first-order valence-electron chi connectivity index (χ1n) is 9.39. The molecule has 4 heterocycles. The highest BCUT2D eigenvalue weighted by Crippen LogP contribution is 2.32. The summed E-state index contributed by atoms with van der Waals surface area (Å²) in [5.74, 6) is 1.29. The lowest BCUT2D eigenvalue weighted by molar-refractivity contribution is 0.0598. The Labute approximate surface area is 163 Å². The molecule has 8 heteroatoms. The van der Waals surface area contributed by atoms with E-state index in [9.17, 15) is 4.79 Å². The van der Waals surface area contributed by atoms with Crippen LogP contribution in [0.4, 0.5) is 0 Å². The van der Waals surface area contributed by atoms with Crippen LogP contribution in [-0.4, -0.2) is 42.4 Å². The maximum atomic E-state index is 13.1. The van der Waals surface area contributed by atoms with Gasteiger partial charge in [0, 0.05) is 24.6 Å². The molecule has 3 aromatic rings. The summed E-state index contributed by atoms with van der Waals surface area (Å²) < 4.78 is 5.30. The average molecular weight is 378 g/mol. The maximum Gasteiger partial charge on any atom is 0.257 e. The number of aryl methyl sites for hydroxylation is 3. The average Bonchev–Trinajstić information content (AvgIpc) is 3.06. The van der Waals surface area contributed by atoms with Gasteiger partial charge < -0.3 is 9.42 Å². The summed E-state index contributed by atoms with van der Waals surface area (Å²) in [6.45, 7) is 6.37. The van der Waals surface area contributed by atoms with E-state index in [1.54, 1.807) is 12.4 Å². The van der Waals surface area contributed by atoms with Gasteiger partial charge in [0.05, 0.1) is 28.6 Å². The van der Waals surface area contributed by atoms with Gasteiger partial charge in [0.2, 0.25) is 0 Å². The van der Waals surface area contributed by atoms with Crippen LogP contribution < -0.4 is 0 Å². The van der Waals surface area contributed by atoms with Crippen LogP contribution in [0.25, 0.3) is 11.3 Å². The molecule has 1 atom stereocenters. The van der Waals surface area contributed by atoms with Gasteiger partial charge in [0.25, 0.3) is 5.91 Å². The van der Waals surface area contributed by atoms with Gasteiger partial charge in [-0.3, -0.25) is 4.79 Å². The predicted octanol–water partition coefficient (Wildman–Crippen LogP) is 3.21. The van der Waals surface area contributed by atoms with E-state index >= 15 is 0 Å². The van der Waals surface area contributed by atoms with E-state index in [0.29, 0.717) is 17.9 Å². The molecule has 0 saturated carbocycles. The zero-order valence-electron chi connectivity index (χ0n) is 16.2. The monoisotopic (exact) mass is 378 g/mol. The van der Waals surface area contributed by atoms with Gasteiger partial charge in [-0.25, -0.2) is 19.9 Å². The van der Waals surface area contributed by atoms with Crippen molar-refractivity contribution in [3.05, 3.63) is 53.3 Å². The molecule has 1 aliphatic rings. The number of carbonyl (C=O) groups is 1. The fourth-order valence-corrected chi connectivity index (χ4v) is 3.74. The van der Waals surface area contributed by atoms with Crippen molar-refractivity contribution in [1.29, 1.82) is 0 Å². The SMILES string of the molecule is Cc1cc(-c2c(C)noc2C)nc([C@H]2CCCCN2C(=O)c2cncnc2)n1. The van der Waals surface area contributed by atoms with E-state index in [1.807, 2.05) is 31.7 Å². The normalized spacial score (nSPS) is 17.0. The molecule has 8 nitrogen and oxygen atoms in total. The second-order valence-corrected chi connectivity index (χ2v) is 7.09. The molecule has 3 aromatic heterocycles. The molecular weight excluding hydrogens is 356 g/mol. The fraction of sp³-hybridized carbons (Fsp3) is 0.400. The van der Waals surface area contributed by atoms with Crippen LogP contribution >= 0.6 is 0 Å². The van der Waals surface area contributed by atoms with Crippen LogP contribution in [0.15, 0.2) is 29.3 Å². The molecule has 0 bridgehead atoms. The number of rotatable bonds is 3. The van der Waals surface area contributed by atoms with Crippen molar-refractivity contribution in [2.75, 3.05) is 6.54 Å². The number of likely N-dealkylation sites (tertiary alicyclic amines) is 1. The van der Waals surface area contributed by atoms with Crippen LogP contribution in [0.2, 0.25) is 0 Å². The van der Waals surface area contributed by atoms with E-state index in [4.69, 9.17) is 9.51 Å². The minimum Gasteiger partial charge on any atom is -0.361 e. The fourth-order valence-electron chi connectivity index (χ4n) is 3.74. The molecule has 4 rings (SSSR count). The highest BCUT2D eigenvalue weighted by molar-refractivity contribution is 5.93. The topological polar surface area (TPSA) is 97.9 Å². The van der Waals surface area contributed by atoms with Gasteiger partial charge in [0.1, 0.15) is 12.1 Å². The Morgan fingerprint density at radius 1 is 1.14 bits per heavy atom. The molecule has 1 saturated heterocycles. The van der Waals surface area contributed by atoms with Crippen LogP contribution in [0.5, 0.6) is 0 Å². The predicted molar refractivity (Wildman–Crippen MR) is 101 cm³/mol. The van der Waals surface area contributed by atoms with E-state index in [0.717, 1.165) is 47.7 Å². The van der Waals surface area contributed by atoms with Gasteiger partial charge in [-0.2, -0.15) is 0 Å². The Bertz CT molecular complexity index is 982. The molecule has 144 valence electrons. The van der Waals surface area contributed by atoms with E-state index in [-0.39, 0.29) is 11.9 Å². The second-order valence-electron chi connectivity index (χ2n) is 7.09. The Hall–Kier alpha value is -3.16. The Kier molecular flexibility index (Phi) is 4.85. The molecule has 0 aromatic carbocycles. The van der Waals surface area contributed by atoms with Crippen LogP contribution in [0.3, 0.4) is 0 Å². The number of hydrogen-bond donors (Lipinski definition) is 0. The third-order valence-electron chi connectivity index (χ3n) is 5.03. The van der Waals surface area contributed by atoms with Gasteiger partial charge in [-0.05, 0) is 46.1 Å². The maximum absolute atomic E-state index is 13.1. The Balaban J connectivity index is 1.73. The highest BCUT2D eigenvalue weighted by atomic mass is 16.5.